The molecule has 2 heteroatoms. The molecule has 0 rings (SSSR count). The van der Waals surface area contributed by atoms with E-state index in [1.54, 1.807) is 0 Å². The van der Waals surface area contributed by atoms with E-state index < -0.39 is 0 Å². The largest absolute Gasteiger partial charge is 0.330 e. The molecule has 0 saturated carbocycles. The molecular weight excluding hydrogens is 124 g/mol. The minimum atomic E-state index is 0.824. The van der Waals surface area contributed by atoms with Gasteiger partial charge in [-0.25, -0.2) is 0 Å². The smallest absolute Gasteiger partial charge is 0.00773 e. The molecule has 0 bridgehead atoms. The van der Waals surface area contributed by atoms with E-state index in [9.17, 15) is 0 Å². The van der Waals surface area contributed by atoms with Gasteiger partial charge in [0.2, 0.25) is 0 Å². The summed E-state index contributed by atoms with van der Waals surface area (Å²) in [7, 11) is 0. The van der Waals surface area contributed by atoms with Crippen LogP contribution in [0.3, 0.4) is 0 Å². The van der Waals surface area contributed by atoms with Gasteiger partial charge in [-0.15, -0.1) is 0 Å². The first kappa shape index (κ1) is 12.6. The molecule has 0 spiro atoms. The second-order valence-corrected chi connectivity index (χ2v) is 1.99. The van der Waals surface area contributed by atoms with E-state index in [-0.39, 0.29) is 0 Å². The Morgan fingerprint density at radius 1 is 0.700 bits per heavy atom. The third-order valence-electron chi connectivity index (χ3n) is 1.16. The number of unbranched alkanes of at least 4 members (excludes halogenated alkanes) is 3. The zero-order chi connectivity index (χ0) is 8.24. The van der Waals surface area contributed by atoms with Crippen LogP contribution in [-0.2, 0) is 0 Å². The van der Waals surface area contributed by atoms with Gasteiger partial charge in [0.25, 0.3) is 0 Å². The molecule has 0 radical (unpaired) electrons. The quantitative estimate of drug-likeness (QED) is 0.577. The maximum Gasteiger partial charge on any atom is -0.00773 e. The predicted molar refractivity (Wildman–Crippen MR) is 47.9 cm³/mol. The van der Waals surface area contributed by atoms with Crippen LogP contribution in [0, 0.1) is 0 Å². The minimum absolute atomic E-state index is 0.824. The van der Waals surface area contributed by atoms with Crippen LogP contribution in [0.5, 0.6) is 0 Å². The van der Waals surface area contributed by atoms with Crippen molar-refractivity contribution in [3.63, 3.8) is 0 Å². The molecule has 0 aliphatic rings. The van der Waals surface area contributed by atoms with E-state index in [0.29, 0.717) is 0 Å². The molecule has 64 valence electrons. The fourth-order valence-corrected chi connectivity index (χ4v) is 0.642. The van der Waals surface area contributed by atoms with Crippen molar-refractivity contribution in [1.29, 1.82) is 0 Å². The van der Waals surface area contributed by atoms with Crippen LogP contribution in [0.15, 0.2) is 0 Å². The molecule has 0 heterocycles. The summed E-state index contributed by atoms with van der Waals surface area (Å²) in [5, 5.41) is 0. The summed E-state index contributed by atoms with van der Waals surface area (Å²) in [6.07, 6.45) is 4.79. The molecule has 10 heavy (non-hydrogen) atoms. The summed E-state index contributed by atoms with van der Waals surface area (Å²) in [5.74, 6) is 0. The van der Waals surface area contributed by atoms with Gasteiger partial charge in [0, 0.05) is 0 Å². The molecule has 0 aromatic heterocycles. The molecule has 0 fully saturated rings. The van der Waals surface area contributed by atoms with Crippen molar-refractivity contribution >= 4 is 0 Å². The van der Waals surface area contributed by atoms with E-state index in [1.807, 2.05) is 13.8 Å². The number of hydrogen-bond acceptors (Lipinski definition) is 2. The molecule has 0 unspecified atom stereocenters. The predicted octanol–water partition coefficient (Wildman–Crippen LogP) is 1.49. The van der Waals surface area contributed by atoms with Gasteiger partial charge >= 0.3 is 0 Å². The monoisotopic (exact) mass is 146 g/mol. The van der Waals surface area contributed by atoms with Gasteiger partial charge in [-0.2, -0.15) is 0 Å². The van der Waals surface area contributed by atoms with E-state index in [1.165, 1.54) is 12.8 Å². The van der Waals surface area contributed by atoms with Crippen molar-refractivity contribution in [2.24, 2.45) is 11.5 Å². The maximum absolute atomic E-state index is 5.28. The molecule has 0 amide bonds. The average Bonchev–Trinajstić information content (AvgIpc) is 2.02. The van der Waals surface area contributed by atoms with Crippen LogP contribution in [-0.4, -0.2) is 13.1 Å². The molecule has 0 aliphatic heterocycles. The second kappa shape index (κ2) is 16.0. The molecule has 0 aromatic carbocycles. The van der Waals surface area contributed by atoms with E-state index in [4.69, 9.17) is 11.5 Å². The van der Waals surface area contributed by atoms with Gasteiger partial charge in [-0.3, -0.25) is 0 Å². The third kappa shape index (κ3) is 15.7. The normalized spacial score (nSPS) is 8.40. The van der Waals surface area contributed by atoms with E-state index >= 15 is 0 Å². The summed E-state index contributed by atoms with van der Waals surface area (Å²) in [6.45, 7) is 5.65. The Labute approximate surface area is 65.0 Å². The lowest BCUT2D eigenvalue weighted by molar-refractivity contribution is 0.653. The second-order valence-electron chi connectivity index (χ2n) is 1.99. The summed E-state index contributed by atoms with van der Waals surface area (Å²) < 4.78 is 0. The molecule has 0 aromatic rings. The van der Waals surface area contributed by atoms with Crippen molar-refractivity contribution in [3.05, 3.63) is 0 Å². The Kier molecular flexibility index (Phi) is 20.1. The maximum atomic E-state index is 5.28. The molecule has 0 saturated heterocycles. The van der Waals surface area contributed by atoms with Crippen molar-refractivity contribution in [1.82, 2.24) is 0 Å². The lowest BCUT2D eigenvalue weighted by Gasteiger charge is -1.94. The van der Waals surface area contributed by atoms with Gasteiger partial charge < -0.3 is 11.5 Å². The van der Waals surface area contributed by atoms with Gasteiger partial charge in [-0.1, -0.05) is 26.7 Å². The van der Waals surface area contributed by atoms with Crippen LogP contribution in [0.2, 0.25) is 0 Å². The Morgan fingerprint density at radius 3 is 1.20 bits per heavy atom. The van der Waals surface area contributed by atoms with Crippen LogP contribution >= 0.6 is 0 Å². The minimum Gasteiger partial charge on any atom is -0.330 e. The Morgan fingerprint density at radius 2 is 1.00 bits per heavy atom. The zero-order valence-electron chi connectivity index (χ0n) is 7.40. The molecule has 4 N–H and O–H groups in total. The lowest BCUT2D eigenvalue weighted by atomic mass is 10.2. The summed E-state index contributed by atoms with van der Waals surface area (Å²) in [6, 6.07) is 0. The van der Waals surface area contributed by atoms with Crippen LogP contribution in [0.4, 0.5) is 0 Å². The third-order valence-corrected chi connectivity index (χ3v) is 1.16. The summed E-state index contributed by atoms with van der Waals surface area (Å²) in [5.41, 5.74) is 10.6. The first-order valence-corrected chi connectivity index (χ1v) is 4.32. The molecule has 0 aliphatic carbocycles. The van der Waals surface area contributed by atoms with Gasteiger partial charge in [0.15, 0.2) is 0 Å². The highest BCUT2D eigenvalue weighted by atomic mass is 14.5. The van der Waals surface area contributed by atoms with Gasteiger partial charge in [0.1, 0.15) is 0 Å². The number of nitrogens with two attached hydrogens (primary N) is 2. The summed E-state index contributed by atoms with van der Waals surface area (Å²) in [4.78, 5) is 0. The fourth-order valence-electron chi connectivity index (χ4n) is 0.642. The Bertz CT molecular complexity index is 32.2. The van der Waals surface area contributed by atoms with E-state index in [2.05, 4.69) is 0 Å². The highest BCUT2D eigenvalue weighted by Gasteiger charge is 1.83. The van der Waals surface area contributed by atoms with Gasteiger partial charge in [0.05, 0.1) is 0 Å². The summed E-state index contributed by atoms with van der Waals surface area (Å²) >= 11 is 0. The lowest BCUT2D eigenvalue weighted by Crippen LogP contribution is -2.00. The first-order chi connectivity index (χ1) is 4.91. The molecular formula is C8H22N2. The van der Waals surface area contributed by atoms with Crippen molar-refractivity contribution in [2.45, 2.75) is 39.5 Å². The van der Waals surface area contributed by atoms with Crippen molar-refractivity contribution < 1.29 is 0 Å². The SMILES string of the molecule is CC.NCCCCCCN. The number of hydrogen-bond donors (Lipinski definition) is 2. The Hall–Kier alpha value is -0.0800. The molecule has 0 atom stereocenters. The van der Waals surface area contributed by atoms with E-state index in [0.717, 1.165) is 25.9 Å². The molecule has 2 nitrogen and oxygen atoms in total. The zero-order valence-corrected chi connectivity index (χ0v) is 7.40. The van der Waals surface area contributed by atoms with Crippen molar-refractivity contribution in [2.75, 3.05) is 13.1 Å². The topological polar surface area (TPSA) is 52.0 Å². The highest BCUT2D eigenvalue weighted by Crippen LogP contribution is 1.95. The fraction of sp³-hybridized carbons (Fsp3) is 1.00. The first-order valence-electron chi connectivity index (χ1n) is 4.32. The van der Waals surface area contributed by atoms with Gasteiger partial charge in [-0.05, 0) is 25.9 Å². The van der Waals surface area contributed by atoms with Crippen LogP contribution < -0.4 is 11.5 Å². The average molecular weight is 146 g/mol. The van der Waals surface area contributed by atoms with Crippen LogP contribution in [0.1, 0.15) is 39.5 Å². The van der Waals surface area contributed by atoms with Crippen molar-refractivity contribution in [3.8, 4) is 0 Å². The number of rotatable bonds is 5. The Balaban J connectivity index is 0. The standard InChI is InChI=1S/C6H16N2.C2H6/c7-5-3-1-2-4-6-8;1-2/h1-8H2;1-2H3. The highest BCUT2D eigenvalue weighted by molar-refractivity contribution is 4.43. The van der Waals surface area contributed by atoms with Crippen LogP contribution in [0.25, 0.3) is 0 Å².